The van der Waals surface area contributed by atoms with Crippen LogP contribution in [0.15, 0.2) is 77.8 Å². The van der Waals surface area contributed by atoms with E-state index >= 15 is 0 Å². The van der Waals surface area contributed by atoms with Gasteiger partial charge in [-0.25, -0.2) is 25.6 Å². The number of benzene rings is 3. The second kappa shape index (κ2) is 14.8. The molecule has 7 nitrogen and oxygen atoms in total. The van der Waals surface area contributed by atoms with Crippen molar-refractivity contribution in [3.8, 4) is 5.75 Å². The number of fused-ring (bicyclic) bond motifs is 1. The van der Waals surface area contributed by atoms with Crippen LogP contribution in [0.1, 0.15) is 16.7 Å². The molecule has 48 heavy (non-hydrogen) atoms. The molecular weight excluding hydrogens is 697 g/mol. The molecule has 0 bridgehead atoms. The first-order chi connectivity index (χ1) is 22.1. The van der Waals surface area contributed by atoms with E-state index in [0.717, 1.165) is 34.3 Å². The fourth-order valence-electron chi connectivity index (χ4n) is 4.11. The summed E-state index contributed by atoms with van der Waals surface area (Å²) < 4.78 is 168. The molecule has 3 aromatic carbocycles. The summed E-state index contributed by atoms with van der Waals surface area (Å²) in [6, 6.07) is 12.7. The standard InChI is InChI=1S/C27H22F8N2O3S.C2HF3O2/c28-20-7-8-23-18(9-10-36-14-17-3-1-5-21(11-17)40-16-26(31,32)25(29)30)15-37(24(23)13-20)41(38,39)22-6-2-4-19(12-22)27(33,34)35;3-2(4,5)1(6)7/h1-8,11-13,15,25,36H,9-10,14,16H2;(H,6,7). The average Bonchev–Trinajstić information content (AvgIpc) is 3.36. The Hall–Kier alpha value is -4.39. The minimum atomic E-state index is -5.19. The van der Waals surface area contributed by atoms with Gasteiger partial charge in [0.1, 0.15) is 24.1 Å². The van der Waals surface area contributed by atoms with E-state index in [1.54, 1.807) is 11.4 Å². The number of quaternary nitrogens is 1. The lowest BCUT2D eigenvalue weighted by Gasteiger charge is -2.16. The lowest BCUT2D eigenvalue weighted by molar-refractivity contribution is -0.670. The van der Waals surface area contributed by atoms with Gasteiger partial charge < -0.3 is 20.0 Å². The summed E-state index contributed by atoms with van der Waals surface area (Å²) in [6.45, 7) is -0.765. The van der Waals surface area contributed by atoms with Crippen LogP contribution in [0.5, 0.6) is 5.75 Å². The Morgan fingerprint density at radius 1 is 0.917 bits per heavy atom. The van der Waals surface area contributed by atoms with Crippen LogP contribution in [0.25, 0.3) is 10.9 Å². The summed E-state index contributed by atoms with van der Waals surface area (Å²) >= 11 is 0. The summed E-state index contributed by atoms with van der Waals surface area (Å²) in [7, 11) is -4.52. The summed E-state index contributed by atoms with van der Waals surface area (Å²) in [4.78, 5) is 8.17. The highest BCUT2D eigenvalue weighted by molar-refractivity contribution is 7.90. The Morgan fingerprint density at radius 3 is 2.17 bits per heavy atom. The molecule has 19 heteroatoms. The van der Waals surface area contributed by atoms with Gasteiger partial charge in [-0.3, -0.25) is 0 Å². The second-order valence-electron chi connectivity index (χ2n) is 9.96. The Labute approximate surface area is 264 Å². The number of rotatable bonds is 11. The maximum absolute atomic E-state index is 14.1. The predicted molar refractivity (Wildman–Crippen MR) is 144 cm³/mol. The van der Waals surface area contributed by atoms with E-state index in [1.165, 1.54) is 30.5 Å². The third-order valence-electron chi connectivity index (χ3n) is 6.41. The quantitative estimate of drug-likeness (QED) is 0.175. The van der Waals surface area contributed by atoms with E-state index in [4.69, 9.17) is 14.6 Å². The first-order valence-electron chi connectivity index (χ1n) is 13.3. The topological polar surface area (TPSA) is 105 Å². The van der Waals surface area contributed by atoms with Crippen molar-refractivity contribution >= 4 is 26.9 Å². The monoisotopic (exact) mass is 720 g/mol. The van der Waals surface area contributed by atoms with Crippen molar-refractivity contribution in [1.82, 2.24) is 3.97 Å². The number of hydrogen-bond acceptors (Lipinski definition) is 5. The molecule has 4 aromatic rings. The molecular formula is C29H23F11N2O5S. The molecule has 0 amide bonds. The van der Waals surface area contributed by atoms with Gasteiger partial charge in [-0.05, 0) is 54.1 Å². The van der Waals surface area contributed by atoms with Gasteiger partial charge in [-0.15, -0.1) is 0 Å². The summed E-state index contributed by atoms with van der Waals surface area (Å²) in [5, 5.41) is 11.0. The molecule has 0 radical (unpaired) electrons. The number of carbonyl (C=O) groups is 1. The van der Waals surface area contributed by atoms with Crippen LogP contribution in [0, 0.1) is 5.82 Å². The molecule has 0 saturated carbocycles. The minimum Gasteiger partial charge on any atom is -0.542 e. The normalized spacial score (nSPS) is 12.6. The highest BCUT2D eigenvalue weighted by atomic mass is 32.2. The maximum atomic E-state index is 14.1. The fourth-order valence-corrected chi connectivity index (χ4v) is 5.54. The van der Waals surface area contributed by atoms with Crippen LogP contribution in [-0.2, 0) is 34.0 Å². The van der Waals surface area contributed by atoms with Crippen LogP contribution in [-0.4, -0.2) is 50.0 Å². The Balaban J connectivity index is 0.000000804. The van der Waals surface area contributed by atoms with Gasteiger partial charge >= 0.3 is 24.7 Å². The van der Waals surface area contributed by atoms with Gasteiger partial charge in [0.2, 0.25) is 0 Å². The van der Waals surface area contributed by atoms with Gasteiger partial charge in [-0.2, -0.15) is 35.1 Å². The van der Waals surface area contributed by atoms with Crippen LogP contribution in [0.3, 0.4) is 0 Å². The fraction of sp³-hybridized carbons (Fsp3) is 0.276. The zero-order chi connectivity index (χ0) is 36.1. The van der Waals surface area contributed by atoms with Gasteiger partial charge in [0, 0.05) is 23.6 Å². The number of halogens is 11. The van der Waals surface area contributed by atoms with Crippen molar-refractivity contribution in [3.63, 3.8) is 0 Å². The van der Waals surface area contributed by atoms with E-state index in [9.17, 15) is 56.7 Å². The van der Waals surface area contributed by atoms with Gasteiger partial charge in [0.05, 0.1) is 22.5 Å². The summed E-state index contributed by atoms with van der Waals surface area (Å²) in [5.74, 6) is -8.05. The Bertz CT molecular complexity index is 1840. The number of ether oxygens (including phenoxy) is 1. The summed E-state index contributed by atoms with van der Waals surface area (Å²) in [6.07, 6.45) is -12.3. The number of carboxylic acid groups (broad SMARTS) is 1. The second-order valence-corrected chi connectivity index (χ2v) is 11.8. The number of carboxylic acids is 1. The van der Waals surface area contributed by atoms with E-state index in [2.05, 4.69) is 0 Å². The third kappa shape index (κ3) is 9.82. The maximum Gasteiger partial charge on any atom is 0.430 e. The number of alkyl halides is 10. The molecule has 2 N–H and O–H groups in total. The third-order valence-corrected chi connectivity index (χ3v) is 8.08. The minimum absolute atomic E-state index is 0.0129. The molecule has 0 fully saturated rings. The zero-order valence-corrected chi connectivity index (χ0v) is 24.8. The molecule has 0 atom stereocenters. The molecule has 0 unspecified atom stereocenters. The van der Waals surface area contributed by atoms with E-state index in [-0.39, 0.29) is 17.7 Å². The van der Waals surface area contributed by atoms with Crippen molar-refractivity contribution < 1.29 is 76.7 Å². The first kappa shape index (κ1) is 38.1. The van der Waals surface area contributed by atoms with E-state index in [1.807, 2.05) is 0 Å². The number of aliphatic carboxylic acids is 1. The zero-order valence-electron chi connectivity index (χ0n) is 24.0. The number of nitrogens with two attached hydrogens (primary N) is 1. The molecule has 0 aliphatic carbocycles. The number of nitrogens with zero attached hydrogens (tertiary/aromatic N) is 1. The highest BCUT2D eigenvalue weighted by Gasteiger charge is 2.41. The van der Waals surface area contributed by atoms with Crippen LogP contribution in [0.2, 0.25) is 0 Å². The first-order valence-corrected chi connectivity index (χ1v) is 14.8. The highest BCUT2D eigenvalue weighted by Crippen LogP contribution is 2.32. The molecule has 1 aromatic heterocycles. The van der Waals surface area contributed by atoms with E-state index < -0.39 is 63.6 Å². The molecule has 0 spiro atoms. The van der Waals surface area contributed by atoms with Crippen molar-refractivity contribution in [3.05, 3.63) is 95.4 Å². The molecule has 1 heterocycles. The number of hydrogen-bond donors (Lipinski definition) is 1. The number of carbonyl (C=O) groups excluding carboxylic acids is 1. The molecule has 0 aliphatic rings. The Kier molecular flexibility index (Phi) is 11.7. The van der Waals surface area contributed by atoms with Crippen LogP contribution >= 0.6 is 0 Å². The SMILES string of the molecule is O=C([O-])C(F)(F)F.O=S(=O)(c1cccc(C(F)(F)F)c1)n1cc(CC[NH2+]Cc2cccc(OCC(F)(F)C(F)F)c2)c2ccc(F)cc21. The smallest absolute Gasteiger partial charge is 0.430 e. The van der Waals surface area contributed by atoms with Crippen molar-refractivity contribution in [2.45, 2.75) is 42.6 Å². The molecule has 0 aliphatic heterocycles. The Morgan fingerprint density at radius 2 is 1.56 bits per heavy atom. The van der Waals surface area contributed by atoms with E-state index in [0.29, 0.717) is 35.7 Å². The summed E-state index contributed by atoms with van der Waals surface area (Å²) in [5.41, 5.74) is -0.0475. The van der Waals surface area contributed by atoms with Gasteiger partial charge in [0.15, 0.2) is 6.61 Å². The molecule has 0 saturated heterocycles. The van der Waals surface area contributed by atoms with Crippen molar-refractivity contribution in [2.75, 3.05) is 13.2 Å². The average molecular weight is 721 g/mol. The largest absolute Gasteiger partial charge is 0.542 e. The van der Waals surface area contributed by atoms with Crippen molar-refractivity contribution in [2.24, 2.45) is 0 Å². The van der Waals surface area contributed by atoms with Gasteiger partial charge in [0.25, 0.3) is 10.0 Å². The molecule has 4 rings (SSSR count). The van der Waals surface area contributed by atoms with Gasteiger partial charge in [-0.1, -0.05) is 18.2 Å². The predicted octanol–water partition coefficient (Wildman–Crippen LogP) is 4.92. The van der Waals surface area contributed by atoms with Crippen molar-refractivity contribution in [1.29, 1.82) is 0 Å². The number of aromatic nitrogens is 1. The van der Waals surface area contributed by atoms with Crippen LogP contribution in [0.4, 0.5) is 48.3 Å². The lowest BCUT2D eigenvalue weighted by atomic mass is 10.1. The van der Waals surface area contributed by atoms with Crippen LogP contribution < -0.4 is 15.2 Å². The molecule has 262 valence electrons. The lowest BCUT2D eigenvalue weighted by Crippen LogP contribution is -2.83.